The number of methoxy groups -OCH3 is 2. The second-order valence-corrected chi connectivity index (χ2v) is 8.14. The third-order valence-electron chi connectivity index (χ3n) is 5.45. The summed E-state index contributed by atoms with van der Waals surface area (Å²) in [5, 5.41) is 9.93. The van der Waals surface area contributed by atoms with Crippen molar-refractivity contribution >= 4 is 21.9 Å². The average molecular weight is 478 g/mol. The summed E-state index contributed by atoms with van der Waals surface area (Å²) < 4.78 is 17.8. The Morgan fingerprint density at radius 3 is 2.53 bits per heavy atom. The zero-order valence-corrected chi connectivity index (χ0v) is 19.1. The molecular formula is C23H28BrNO5. The van der Waals surface area contributed by atoms with E-state index in [0.29, 0.717) is 31.1 Å². The topological polar surface area (TPSA) is 68.2 Å². The number of hydrogen-bond acceptors (Lipinski definition) is 5. The van der Waals surface area contributed by atoms with Crippen LogP contribution in [0, 0.1) is 0 Å². The number of nitrogens with zero attached hydrogens (tertiary/aromatic N) is 1. The lowest BCUT2D eigenvalue weighted by Crippen LogP contribution is -2.47. The Morgan fingerprint density at radius 2 is 1.87 bits per heavy atom. The minimum absolute atomic E-state index is 0.301. The highest BCUT2D eigenvalue weighted by atomic mass is 79.9. The number of ether oxygens (including phenoxy) is 3. The number of aliphatic carboxylic acids is 1. The first-order valence-corrected chi connectivity index (χ1v) is 10.9. The standard InChI is InChI=1S/C23H28BrNO5/c1-4-30-19-11-9-16(24)14-17(19)22(25-12-6-5-7-18(25)23(26)27)15-8-10-20(28-2)21(13-15)29-3/h8-11,13-14,18,22H,4-7,12H2,1-3H3,(H,26,27). The number of piperidine rings is 1. The molecule has 2 atom stereocenters. The zero-order valence-electron chi connectivity index (χ0n) is 17.6. The van der Waals surface area contributed by atoms with E-state index in [1.165, 1.54) is 0 Å². The third-order valence-corrected chi connectivity index (χ3v) is 5.94. The number of benzene rings is 2. The molecule has 7 heteroatoms. The van der Waals surface area contributed by atoms with Gasteiger partial charge in [0.05, 0.1) is 26.9 Å². The number of carbonyl (C=O) groups is 1. The Labute approximate surface area is 185 Å². The van der Waals surface area contributed by atoms with Gasteiger partial charge in [-0.25, -0.2) is 0 Å². The molecule has 0 bridgehead atoms. The van der Waals surface area contributed by atoms with Gasteiger partial charge in [-0.2, -0.15) is 0 Å². The van der Waals surface area contributed by atoms with Crippen molar-refractivity contribution in [3.8, 4) is 17.2 Å². The summed E-state index contributed by atoms with van der Waals surface area (Å²) in [6.07, 6.45) is 2.48. The Hall–Kier alpha value is -2.25. The number of likely N-dealkylation sites (tertiary alicyclic amines) is 1. The molecule has 6 nitrogen and oxygen atoms in total. The largest absolute Gasteiger partial charge is 0.494 e. The minimum Gasteiger partial charge on any atom is -0.494 e. The van der Waals surface area contributed by atoms with E-state index in [-0.39, 0.29) is 6.04 Å². The van der Waals surface area contributed by atoms with Gasteiger partial charge in [0.2, 0.25) is 0 Å². The van der Waals surface area contributed by atoms with Crippen molar-refractivity contribution in [1.82, 2.24) is 4.90 Å². The second kappa shape index (κ2) is 10.2. The number of hydrogen-bond donors (Lipinski definition) is 1. The van der Waals surface area contributed by atoms with Gasteiger partial charge in [0.15, 0.2) is 11.5 Å². The molecule has 1 saturated heterocycles. The molecule has 0 saturated carbocycles. The molecule has 0 amide bonds. The van der Waals surface area contributed by atoms with Crippen LogP contribution in [0.25, 0.3) is 0 Å². The van der Waals surface area contributed by atoms with Gasteiger partial charge >= 0.3 is 5.97 Å². The first-order valence-electron chi connectivity index (χ1n) is 10.1. The summed E-state index contributed by atoms with van der Waals surface area (Å²) in [5.41, 5.74) is 1.85. The van der Waals surface area contributed by atoms with Crippen molar-refractivity contribution in [3.05, 3.63) is 52.0 Å². The van der Waals surface area contributed by atoms with Crippen LogP contribution in [0.2, 0.25) is 0 Å². The first-order chi connectivity index (χ1) is 14.5. The Balaban J connectivity index is 2.20. The van der Waals surface area contributed by atoms with Crippen LogP contribution in [-0.2, 0) is 4.79 Å². The van der Waals surface area contributed by atoms with Crippen LogP contribution in [0.15, 0.2) is 40.9 Å². The maximum Gasteiger partial charge on any atom is 0.320 e. The van der Waals surface area contributed by atoms with E-state index in [1.807, 2.05) is 43.3 Å². The average Bonchev–Trinajstić information content (AvgIpc) is 2.76. The smallest absolute Gasteiger partial charge is 0.320 e. The highest BCUT2D eigenvalue weighted by Gasteiger charge is 2.36. The summed E-state index contributed by atoms with van der Waals surface area (Å²) in [4.78, 5) is 14.2. The van der Waals surface area contributed by atoms with Crippen molar-refractivity contribution in [2.75, 3.05) is 27.4 Å². The lowest BCUT2D eigenvalue weighted by molar-refractivity contribution is -0.145. The second-order valence-electron chi connectivity index (χ2n) is 7.22. The van der Waals surface area contributed by atoms with Crippen molar-refractivity contribution in [2.45, 2.75) is 38.3 Å². The fraction of sp³-hybridized carbons (Fsp3) is 0.435. The molecule has 3 rings (SSSR count). The normalized spacial score (nSPS) is 17.9. The van der Waals surface area contributed by atoms with Crippen LogP contribution < -0.4 is 14.2 Å². The van der Waals surface area contributed by atoms with E-state index >= 15 is 0 Å². The summed E-state index contributed by atoms with van der Waals surface area (Å²) in [6.45, 7) is 3.15. The molecule has 1 N–H and O–H groups in total. The molecule has 30 heavy (non-hydrogen) atoms. The summed E-state index contributed by atoms with van der Waals surface area (Å²) in [7, 11) is 3.20. The monoisotopic (exact) mass is 477 g/mol. The van der Waals surface area contributed by atoms with Crippen LogP contribution >= 0.6 is 15.9 Å². The molecule has 2 aromatic carbocycles. The van der Waals surface area contributed by atoms with E-state index in [1.54, 1.807) is 14.2 Å². The Bertz CT molecular complexity index is 888. The number of rotatable bonds is 8. The van der Waals surface area contributed by atoms with Gasteiger partial charge in [0.25, 0.3) is 0 Å². The van der Waals surface area contributed by atoms with Crippen molar-refractivity contribution in [1.29, 1.82) is 0 Å². The van der Waals surface area contributed by atoms with Crippen LogP contribution in [0.3, 0.4) is 0 Å². The molecule has 2 unspecified atom stereocenters. The van der Waals surface area contributed by atoms with Gasteiger partial charge in [0, 0.05) is 10.0 Å². The molecular weight excluding hydrogens is 450 g/mol. The molecule has 0 aliphatic carbocycles. The number of carboxylic acid groups (broad SMARTS) is 1. The fourth-order valence-electron chi connectivity index (χ4n) is 4.12. The minimum atomic E-state index is -0.798. The molecule has 1 heterocycles. The van der Waals surface area contributed by atoms with E-state index in [9.17, 15) is 9.90 Å². The zero-order chi connectivity index (χ0) is 21.7. The lowest BCUT2D eigenvalue weighted by atomic mass is 9.91. The molecule has 0 aromatic heterocycles. The van der Waals surface area contributed by atoms with E-state index < -0.39 is 12.0 Å². The van der Waals surface area contributed by atoms with Gasteiger partial charge < -0.3 is 19.3 Å². The first kappa shape index (κ1) is 22.4. The highest BCUT2D eigenvalue weighted by Crippen LogP contribution is 2.42. The van der Waals surface area contributed by atoms with E-state index in [2.05, 4.69) is 20.8 Å². The van der Waals surface area contributed by atoms with Crippen molar-refractivity contribution in [3.63, 3.8) is 0 Å². The van der Waals surface area contributed by atoms with E-state index in [0.717, 1.165) is 34.2 Å². The van der Waals surface area contributed by atoms with Crippen molar-refractivity contribution in [2.24, 2.45) is 0 Å². The maximum atomic E-state index is 12.1. The molecule has 1 aliphatic heterocycles. The summed E-state index contributed by atoms with van der Waals surface area (Å²) in [5.74, 6) is 1.19. The van der Waals surface area contributed by atoms with Gasteiger partial charge in [-0.1, -0.05) is 28.4 Å². The predicted molar refractivity (Wildman–Crippen MR) is 119 cm³/mol. The van der Waals surface area contributed by atoms with Crippen LogP contribution in [0.4, 0.5) is 0 Å². The highest BCUT2D eigenvalue weighted by molar-refractivity contribution is 9.10. The molecule has 2 aromatic rings. The van der Waals surface area contributed by atoms with Crippen LogP contribution in [0.1, 0.15) is 43.4 Å². The molecule has 1 aliphatic rings. The quantitative estimate of drug-likeness (QED) is 0.583. The Kier molecular flexibility index (Phi) is 7.61. The molecule has 162 valence electrons. The molecule has 1 fully saturated rings. The van der Waals surface area contributed by atoms with Crippen LogP contribution in [0.5, 0.6) is 17.2 Å². The lowest BCUT2D eigenvalue weighted by Gasteiger charge is -2.40. The van der Waals surface area contributed by atoms with Crippen molar-refractivity contribution < 1.29 is 24.1 Å². The van der Waals surface area contributed by atoms with Crippen LogP contribution in [-0.4, -0.2) is 49.4 Å². The summed E-state index contributed by atoms with van der Waals surface area (Å²) >= 11 is 3.57. The molecule has 0 radical (unpaired) electrons. The third kappa shape index (κ3) is 4.73. The van der Waals surface area contributed by atoms with Gasteiger partial charge in [-0.05, 0) is 62.2 Å². The van der Waals surface area contributed by atoms with Gasteiger partial charge in [-0.3, -0.25) is 9.69 Å². The Morgan fingerprint density at radius 1 is 1.13 bits per heavy atom. The summed E-state index contributed by atoms with van der Waals surface area (Å²) in [6, 6.07) is 10.8. The predicted octanol–water partition coefficient (Wildman–Crippen LogP) is 4.89. The fourth-order valence-corrected chi connectivity index (χ4v) is 4.50. The SMILES string of the molecule is CCOc1ccc(Br)cc1C(c1ccc(OC)c(OC)c1)N1CCCCC1C(=O)O. The van der Waals surface area contributed by atoms with Gasteiger partial charge in [0.1, 0.15) is 11.8 Å². The number of carboxylic acids is 1. The van der Waals surface area contributed by atoms with E-state index in [4.69, 9.17) is 14.2 Å². The number of halogens is 1. The molecule has 0 spiro atoms. The maximum absolute atomic E-state index is 12.1. The van der Waals surface area contributed by atoms with Gasteiger partial charge in [-0.15, -0.1) is 0 Å².